The van der Waals surface area contributed by atoms with E-state index in [-0.39, 0.29) is 5.91 Å². The van der Waals surface area contributed by atoms with Gasteiger partial charge in [0.05, 0.1) is 12.4 Å². The summed E-state index contributed by atoms with van der Waals surface area (Å²) in [5.74, 6) is 0.689. The van der Waals surface area contributed by atoms with Crippen LogP contribution in [0.5, 0.6) is 0 Å². The second-order valence-electron chi connectivity index (χ2n) is 5.26. The first kappa shape index (κ1) is 15.7. The van der Waals surface area contributed by atoms with E-state index in [1.807, 2.05) is 0 Å². The monoisotopic (exact) mass is 292 g/mol. The van der Waals surface area contributed by atoms with E-state index < -0.39 is 0 Å². The molecule has 0 aliphatic carbocycles. The third kappa shape index (κ3) is 4.97. The van der Waals surface area contributed by atoms with Gasteiger partial charge in [0.1, 0.15) is 11.5 Å². The van der Waals surface area contributed by atoms with Crippen LogP contribution >= 0.6 is 0 Å². The summed E-state index contributed by atoms with van der Waals surface area (Å²) in [6.07, 6.45) is 9.02. The quantitative estimate of drug-likeness (QED) is 0.807. The van der Waals surface area contributed by atoms with Gasteiger partial charge in [-0.25, -0.2) is 9.97 Å². The highest BCUT2D eigenvalue weighted by molar-refractivity contribution is 5.91. The molecule has 21 heavy (non-hydrogen) atoms. The number of aromatic nitrogens is 2. The van der Waals surface area contributed by atoms with Gasteiger partial charge in [-0.15, -0.1) is 0 Å². The van der Waals surface area contributed by atoms with E-state index in [1.165, 1.54) is 25.7 Å². The summed E-state index contributed by atoms with van der Waals surface area (Å²) >= 11 is 0. The molecule has 1 N–H and O–H groups in total. The Balaban J connectivity index is 1.87. The Kier molecular flexibility index (Phi) is 6.40. The summed E-state index contributed by atoms with van der Waals surface area (Å²) in [7, 11) is 1.65. The van der Waals surface area contributed by atoms with Gasteiger partial charge in [-0.1, -0.05) is 12.8 Å². The van der Waals surface area contributed by atoms with Crippen molar-refractivity contribution in [3.8, 4) is 0 Å². The van der Waals surface area contributed by atoms with Crippen LogP contribution in [0.1, 0.15) is 42.6 Å². The van der Waals surface area contributed by atoms with Gasteiger partial charge in [0.15, 0.2) is 0 Å². The van der Waals surface area contributed by atoms with Gasteiger partial charge in [0.2, 0.25) is 0 Å². The molecule has 0 bridgehead atoms. The fourth-order valence-corrected chi connectivity index (χ4v) is 2.41. The molecule has 0 atom stereocenters. The van der Waals surface area contributed by atoms with E-state index in [9.17, 15) is 4.79 Å². The Bertz CT molecular complexity index is 428. The second-order valence-corrected chi connectivity index (χ2v) is 5.26. The molecule has 1 amide bonds. The Morgan fingerprint density at radius 2 is 2.00 bits per heavy atom. The van der Waals surface area contributed by atoms with Crippen LogP contribution in [0, 0.1) is 0 Å². The van der Waals surface area contributed by atoms with E-state index in [4.69, 9.17) is 4.74 Å². The van der Waals surface area contributed by atoms with Crippen LogP contribution in [0.2, 0.25) is 0 Å². The molecule has 1 aromatic rings. The minimum absolute atomic E-state index is 0.180. The predicted octanol–water partition coefficient (Wildman–Crippen LogP) is 1.62. The van der Waals surface area contributed by atoms with E-state index in [0.717, 1.165) is 25.3 Å². The number of rotatable bonds is 6. The highest BCUT2D eigenvalue weighted by Crippen LogP contribution is 2.16. The molecule has 0 spiro atoms. The van der Waals surface area contributed by atoms with Gasteiger partial charge in [-0.2, -0.15) is 0 Å². The van der Waals surface area contributed by atoms with Crippen molar-refractivity contribution in [1.82, 2.24) is 15.3 Å². The topological polar surface area (TPSA) is 67.3 Å². The van der Waals surface area contributed by atoms with Crippen LogP contribution in [-0.2, 0) is 4.74 Å². The number of hydrogen-bond acceptors (Lipinski definition) is 5. The molecular weight excluding hydrogens is 268 g/mol. The molecule has 6 nitrogen and oxygen atoms in total. The van der Waals surface area contributed by atoms with Gasteiger partial charge in [-0.05, 0) is 19.3 Å². The van der Waals surface area contributed by atoms with Crippen molar-refractivity contribution in [1.29, 1.82) is 0 Å². The number of methoxy groups -OCH3 is 1. The molecule has 6 heteroatoms. The summed E-state index contributed by atoms with van der Waals surface area (Å²) < 4.78 is 4.94. The Hall–Kier alpha value is -1.69. The smallest absolute Gasteiger partial charge is 0.271 e. The molecule has 0 unspecified atom stereocenters. The molecule has 1 saturated heterocycles. The maximum absolute atomic E-state index is 11.9. The van der Waals surface area contributed by atoms with E-state index in [0.29, 0.717) is 18.8 Å². The summed E-state index contributed by atoms with van der Waals surface area (Å²) in [5.41, 5.74) is 0.367. The van der Waals surface area contributed by atoms with Crippen molar-refractivity contribution >= 4 is 11.7 Å². The fraction of sp³-hybridized carbons (Fsp3) is 0.667. The summed E-state index contributed by atoms with van der Waals surface area (Å²) in [6, 6.07) is 0. The lowest BCUT2D eigenvalue weighted by molar-refractivity contribution is 0.0943. The largest absolute Gasteiger partial charge is 0.385 e. The number of amides is 1. The van der Waals surface area contributed by atoms with Gasteiger partial charge in [0.25, 0.3) is 5.91 Å². The molecule has 1 aliphatic rings. The Morgan fingerprint density at radius 3 is 2.62 bits per heavy atom. The molecule has 0 aromatic carbocycles. The average molecular weight is 292 g/mol. The van der Waals surface area contributed by atoms with Crippen molar-refractivity contribution < 1.29 is 9.53 Å². The number of carbonyl (C=O) groups is 1. The maximum atomic E-state index is 11.9. The normalized spacial score (nSPS) is 15.6. The Morgan fingerprint density at radius 1 is 1.24 bits per heavy atom. The Labute approximate surface area is 125 Å². The zero-order valence-corrected chi connectivity index (χ0v) is 12.7. The molecule has 0 saturated carbocycles. The van der Waals surface area contributed by atoms with Crippen molar-refractivity contribution in [2.24, 2.45) is 0 Å². The highest BCUT2D eigenvalue weighted by Gasteiger charge is 2.13. The number of anilines is 1. The second kappa shape index (κ2) is 8.56. The van der Waals surface area contributed by atoms with Gasteiger partial charge < -0.3 is 15.0 Å². The number of hydrogen-bond donors (Lipinski definition) is 1. The van der Waals surface area contributed by atoms with Crippen molar-refractivity contribution in [2.75, 3.05) is 38.3 Å². The van der Waals surface area contributed by atoms with Crippen molar-refractivity contribution in [3.63, 3.8) is 0 Å². The number of carbonyl (C=O) groups excluding carboxylic acids is 1. The van der Waals surface area contributed by atoms with Crippen LogP contribution in [0.4, 0.5) is 5.82 Å². The van der Waals surface area contributed by atoms with Crippen LogP contribution in [0.25, 0.3) is 0 Å². The van der Waals surface area contributed by atoms with E-state index >= 15 is 0 Å². The van der Waals surface area contributed by atoms with Gasteiger partial charge in [-0.3, -0.25) is 4.79 Å². The minimum atomic E-state index is -0.180. The molecule has 0 radical (unpaired) electrons. The molecule has 2 heterocycles. The molecule has 116 valence electrons. The summed E-state index contributed by atoms with van der Waals surface area (Å²) in [5, 5.41) is 2.81. The van der Waals surface area contributed by atoms with E-state index in [1.54, 1.807) is 19.5 Å². The summed E-state index contributed by atoms with van der Waals surface area (Å²) in [6.45, 7) is 3.27. The first-order valence-corrected chi connectivity index (χ1v) is 7.65. The number of nitrogens with one attached hydrogen (secondary N) is 1. The summed E-state index contributed by atoms with van der Waals surface area (Å²) in [4.78, 5) is 22.8. The van der Waals surface area contributed by atoms with Gasteiger partial charge in [0, 0.05) is 33.4 Å². The minimum Gasteiger partial charge on any atom is -0.385 e. The van der Waals surface area contributed by atoms with Crippen LogP contribution in [0.15, 0.2) is 12.4 Å². The highest BCUT2D eigenvalue weighted by atomic mass is 16.5. The molecule has 1 aromatic heterocycles. The maximum Gasteiger partial charge on any atom is 0.271 e. The van der Waals surface area contributed by atoms with Crippen LogP contribution in [-0.4, -0.2) is 49.2 Å². The third-order valence-electron chi connectivity index (χ3n) is 3.61. The zero-order chi connectivity index (χ0) is 14.9. The lowest BCUT2D eigenvalue weighted by Gasteiger charge is -2.20. The van der Waals surface area contributed by atoms with E-state index in [2.05, 4.69) is 20.2 Å². The van der Waals surface area contributed by atoms with Gasteiger partial charge >= 0.3 is 0 Å². The van der Waals surface area contributed by atoms with Crippen LogP contribution < -0.4 is 10.2 Å². The first-order chi connectivity index (χ1) is 10.3. The predicted molar refractivity (Wildman–Crippen MR) is 81.5 cm³/mol. The third-order valence-corrected chi connectivity index (χ3v) is 3.61. The number of nitrogens with zero attached hydrogens (tertiary/aromatic N) is 3. The first-order valence-electron chi connectivity index (χ1n) is 7.65. The molecular formula is C15H24N4O2. The van der Waals surface area contributed by atoms with Crippen LogP contribution in [0.3, 0.4) is 0 Å². The van der Waals surface area contributed by atoms with Crippen molar-refractivity contribution in [3.05, 3.63) is 18.1 Å². The zero-order valence-electron chi connectivity index (χ0n) is 12.7. The van der Waals surface area contributed by atoms with Crippen molar-refractivity contribution in [2.45, 2.75) is 32.1 Å². The number of ether oxygens (including phenoxy) is 1. The molecule has 1 fully saturated rings. The molecule has 1 aliphatic heterocycles. The molecule has 2 rings (SSSR count). The lowest BCUT2D eigenvalue weighted by Crippen LogP contribution is -2.28. The lowest BCUT2D eigenvalue weighted by atomic mass is 10.2. The average Bonchev–Trinajstić information content (AvgIpc) is 2.81. The fourth-order valence-electron chi connectivity index (χ4n) is 2.41. The standard InChI is InChI=1S/C15H24N4O2/c1-21-10-6-7-16-15(20)13-11-18-14(12-17-13)19-8-4-2-3-5-9-19/h11-12H,2-10H2,1H3,(H,16,20). The SMILES string of the molecule is COCCCNC(=O)c1cnc(N2CCCCCC2)cn1.